The third-order valence-corrected chi connectivity index (χ3v) is 15.9. The number of likely N-dealkylation sites (tertiary alicyclic amines) is 2. The number of methoxy groups -OCH3 is 2. The molecule has 4 N–H and O–H groups in total. The Morgan fingerprint density at radius 2 is 1.04 bits per heavy atom. The van der Waals surface area contributed by atoms with Crippen molar-refractivity contribution in [3.05, 3.63) is 70.2 Å². The van der Waals surface area contributed by atoms with Crippen LogP contribution in [0.2, 0.25) is 0 Å². The Morgan fingerprint density at radius 1 is 0.643 bits per heavy atom. The predicted octanol–water partition coefficient (Wildman–Crippen LogP) is 1.09. The van der Waals surface area contributed by atoms with Crippen molar-refractivity contribution in [3.63, 3.8) is 0 Å². The fourth-order valence-electron chi connectivity index (χ4n) is 13.0. The van der Waals surface area contributed by atoms with E-state index in [1.54, 1.807) is 24.3 Å². The molecule has 2 saturated heterocycles. The lowest BCUT2D eigenvalue weighted by molar-refractivity contribution is -0.169. The maximum Gasteiger partial charge on any atom is 0.410 e. The van der Waals surface area contributed by atoms with Gasteiger partial charge in [0, 0.05) is 36.1 Å². The monoisotopic (exact) mass is 974 g/mol. The molecule has 2 amide bonds. The first-order chi connectivity index (χ1) is 33.4. The van der Waals surface area contributed by atoms with Crippen LogP contribution in [0.4, 0.5) is 9.59 Å². The van der Waals surface area contributed by atoms with E-state index in [1.807, 2.05) is 26.2 Å². The Hall–Kier alpha value is -6.62. The van der Waals surface area contributed by atoms with E-state index in [2.05, 4.69) is 9.80 Å². The topological polar surface area (TPSA) is 270 Å². The third kappa shape index (κ3) is 6.88. The minimum absolute atomic E-state index is 0.0909. The number of aliphatic hydroxyl groups is 2. The Balaban J connectivity index is 0.762. The number of aliphatic carboxylic acids is 2. The van der Waals surface area contributed by atoms with Crippen molar-refractivity contribution in [2.24, 2.45) is 0 Å². The molecule has 0 aromatic heterocycles. The van der Waals surface area contributed by atoms with Gasteiger partial charge in [0.25, 0.3) is 0 Å². The molecular weight excluding hydrogens is 921 g/mol. The molecule has 0 unspecified atom stereocenters. The Morgan fingerprint density at radius 3 is 1.41 bits per heavy atom. The number of hydrogen-bond donors (Lipinski definition) is 4. The van der Waals surface area contributed by atoms with Gasteiger partial charge in [-0.05, 0) is 88.3 Å². The van der Waals surface area contributed by atoms with Gasteiger partial charge in [-0.25, -0.2) is 19.2 Å². The van der Waals surface area contributed by atoms with Crippen LogP contribution in [0.3, 0.4) is 0 Å². The second-order valence-electron chi connectivity index (χ2n) is 19.2. The summed E-state index contributed by atoms with van der Waals surface area (Å²) in [5.74, 6) is -3.03. The van der Waals surface area contributed by atoms with Crippen LogP contribution in [0.1, 0.15) is 47.9 Å². The Kier molecular flexibility index (Phi) is 11.5. The van der Waals surface area contributed by atoms with Crippen LogP contribution in [0.15, 0.2) is 47.9 Å². The van der Waals surface area contributed by atoms with Crippen LogP contribution in [0.25, 0.3) is 0 Å². The molecule has 4 bridgehead atoms. The maximum absolute atomic E-state index is 13.5. The normalized spacial score (nSPS) is 30.1. The molecule has 0 radical (unpaired) electrons. The minimum atomic E-state index is -1.48. The highest BCUT2D eigenvalue weighted by molar-refractivity contribution is 5.84. The van der Waals surface area contributed by atoms with Gasteiger partial charge in [0.2, 0.25) is 0 Å². The zero-order valence-corrected chi connectivity index (χ0v) is 39.0. The lowest BCUT2D eigenvalue weighted by Crippen LogP contribution is -2.74. The van der Waals surface area contributed by atoms with Crippen molar-refractivity contribution in [1.82, 2.24) is 19.6 Å². The van der Waals surface area contributed by atoms with Gasteiger partial charge in [0.05, 0.1) is 36.3 Å². The van der Waals surface area contributed by atoms with Crippen molar-refractivity contribution in [3.8, 4) is 23.0 Å². The summed E-state index contributed by atoms with van der Waals surface area (Å²) in [5, 5.41) is 44.2. The molecule has 8 atom stereocenters. The number of hydrogen-bond acceptors (Lipinski definition) is 18. The van der Waals surface area contributed by atoms with Crippen molar-refractivity contribution in [2.45, 2.75) is 84.8 Å². The summed E-state index contributed by atoms with van der Waals surface area (Å²) in [6, 6.07) is 6.97. The van der Waals surface area contributed by atoms with Crippen LogP contribution in [0.5, 0.6) is 23.0 Å². The molecule has 22 heteroatoms. The third-order valence-electron chi connectivity index (χ3n) is 15.9. The molecule has 70 heavy (non-hydrogen) atoms. The zero-order valence-electron chi connectivity index (χ0n) is 39.0. The fourth-order valence-corrected chi connectivity index (χ4v) is 13.0. The molecule has 4 heterocycles. The second kappa shape index (κ2) is 17.1. The van der Waals surface area contributed by atoms with E-state index >= 15 is 0 Å². The van der Waals surface area contributed by atoms with E-state index in [9.17, 15) is 49.2 Å². The van der Waals surface area contributed by atoms with E-state index < -0.39 is 110 Å². The van der Waals surface area contributed by atoms with E-state index in [0.29, 0.717) is 71.6 Å². The number of carboxylic acid groups (broad SMARTS) is 2. The summed E-state index contributed by atoms with van der Waals surface area (Å²) in [6.07, 6.45) is 1.02. The number of carbonyl (C=O) groups is 6. The van der Waals surface area contributed by atoms with Crippen molar-refractivity contribution < 1.29 is 87.1 Å². The number of amides is 2. The maximum atomic E-state index is 13.5. The number of piperidine rings is 2. The van der Waals surface area contributed by atoms with Gasteiger partial charge in [0.15, 0.2) is 35.2 Å². The van der Waals surface area contributed by atoms with Gasteiger partial charge in [-0.1, -0.05) is 12.1 Å². The minimum Gasteiger partial charge on any atom is -0.493 e. The van der Waals surface area contributed by atoms with Gasteiger partial charge in [-0.15, -0.1) is 0 Å². The first-order valence-electron chi connectivity index (χ1n) is 23.1. The largest absolute Gasteiger partial charge is 0.493 e. The molecule has 2 aromatic rings. The summed E-state index contributed by atoms with van der Waals surface area (Å²) in [5.41, 5.74) is -0.983. The average Bonchev–Trinajstić information content (AvgIpc) is 3.86. The lowest BCUT2D eigenvalue weighted by Gasteiger charge is -2.61. The standard InChI is InChI=1S/C48H54N4O18/c1-49-15-13-45-37-25-5-7-27(63-3)39(37)69-41(45)29(9-11-47(45,61)31(49)19-25)67-35(57)23-51(21-33(53)54)43(59)65-17-18-66-44(60)52(22-34(55)56)24-36(58)68-30-10-12-48(62)32-20-26-6-8-28(64-4)40-38(26)46(48,42(30)70-40)14-16-50(32)2/h5-10,31-32,41-42,61-62H,11-24H2,1-4H3,(H,53,54)(H,55,56)/t31-,32-,41+,42+,45+,46+,47-,48-/m1/s1. The number of likely N-dealkylation sites (N-methyl/N-ethyl adjacent to an activating group) is 2. The van der Waals surface area contributed by atoms with Crippen molar-refractivity contribution in [1.29, 1.82) is 0 Å². The van der Waals surface area contributed by atoms with E-state index in [-0.39, 0.29) is 36.4 Å². The quantitative estimate of drug-likeness (QED) is 0.111. The van der Waals surface area contributed by atoms with Gasteiger partial charge < -0.3 is 68.1 Å². The fraction of sp³-hybridized carbons (Fsp3) is 0.542. The van der Waals surface area contributed by atoms with Gasteiger partial charge >= 0.3 is 36.1 Å². The van der Waals surface area contributed by atoms with Gasteiger partial charge in [-0.2, -0.15) is 0 Å². The van der Waals surface area contributed by atoms with Crippen LogP contribution in [-0.4, -0.2) is 192 Å². The number of rotatable bonds is 15. The van der Waals surface area contributed by atoms with Crippen LogP contribution in [0, 0.1) is 0 Å². The highest BCUT2D eigenvalue weighted by atomic mass is 16.6. The average molecular weight is 975 g/mol. The summed E-state index contributed by atoms with van der Waals surface area (Å²) < 4.78 is 46.2. The predicted molar refractivity (Wildman–Crippen MR) is 236 cm³/mol. The number of esters is 2. The summed E-state index contributed by atoms with van der Waals surface area (Å²) >= 11 is 0. The Labute approximate surface area is 400 Å². The molecule has 2 fully saturated rings. The first-order valence-corrected chi connectivity index (χ1v) is 23.1. The van der Waals surface area contributed by atoms with Crippen molar-refractivity contribution >= 4 is 36.1 Å². The Bertz CT molecular complexity index is 2480. The zero-order chi connectivity index (χ0) is 49.7. The number of benzene rings is 2. The molecule has 22 nitrogen and oxygen atoms in total. The molecule has 2 spiro atoms. The lowest BCUT2D eigenvalue weighted by atomic mass is 9.50. The SMILES string of the molecule is COc1ccc2c3c1O[C@H]1C(OC(=O)CN(CC(=O)O)C(=O)OCCOC(=O)N(CC(=O)O)CC(=O)OC4=CC[C@@]5(O)[C@H]6Cc7ccc(OC)c8c7[C@@]5(CCN6C)[C@H]4O8)=CC[C@@]4(O)[C@@H](C2)N(C)CC[C@]314. The summed E-state index contributed by atoms with van der Waals surface area (Å²) in [4.78, 5) is 82.6. The number of ether oxygens (including phenoxy) is 8. The molecule has 4 aliphatic heterocycles. The highest BCUT2D eigenvalue weighted by Gasteiger charge is 2.73. The molecule has 0 saturated carbocycles. The van der Waals surface area contributed by atoms with Crippen molar-refractivity contribution in [2.75, 3.05) is 80.8 Å². The molecule has 10 rings (SSSR count). The molecule has 8 aliphatic rings. The summed E-state index contributed by atoms with van der Waals surface area (Å²) in [7, 11) is 6.91. The van der Waals surface area contributed by atoms with E-state index in [0.717, 1.165) is 22.3 Å². The van der Waals surface area contributed by atoms with Crippen LogP contribution in [-0.2, 0) is 61.8 Å². The molecule has 374 valence electrons. The van der Waals surface area contributed by atoms with Gasteiger partial charge in [-0.3, -0.25) is 19.4 Å². The first kappa shape index (κ1) is 47.1. The smallest absolute Gasteiger partial charge is 0.410 e. The summed E-state index contributed by atoms with van der Waals surface area (Å²) in [6.45, 7) is -3.81. The highest BCUT2D eigenvalue weighted by Crippen LogP contribution is 2.67. The second-order valence-corrected chi connectivity index (χ2v) is 19.2. The number of carboxylic acids is 2. The molecule has 2 aromatic carbocycles. The van der Waals surface area contributed by atoms with E-state index in [4.69, 9.17) is 37.9 Å². The van der Waals surface area contributed by atoms with Crippen LogP contribution >= 0.6 is 0 Å². The van der Waals surface area contributed by atoms with Crippen LogP contribution < -0.4 is 18.9 Å². The van der Waals surface area contributed by atoms with E-state index in [1.165, 1.54) is 14.2 Å². The molecular formula is C48H54N4O18. The number of carbonyl (C=O) groups excluding carboxylic acids is 4. The molecule has 4 aliphatic carbocycles. The van der Waals surface area contributed by atoms with Gasteiger partial charge in [0.1, 0.15) is 50.9 Å². The number of nitrogens with zero attached hydrogens (tertiary/aromatic N) is 4.